The Morgan fingerprint density at radius 1 is 1.37 bits per heavy atom. The van der Waals surface area contributed by atoms with Crippen LogP contribution in [0.15, 0.2) is 12.1 Å². The minimum absolute atomic E-state index is 0.0195. The average Bonchev–Trinajstić information content (AvgIpc) is 2.37. The highest BCUT2D eigenvalue weighted by molar-refractivity contribution is 5.44. The lowest BCUT2D eigenvalue weighted by atomic mass is 9.95. The third-order valence-electron chi connectivity index (χ3n) is 3.91. The van der Waals surface area contributed by atoms with Gasteiger partial charge in [-0.1, -0.05) is 12.1 Å². The lowest BCUT2D eigenvalue weighted by Gasteiger charge is -2.35. The molecule has 4 nitrogen and oxygen atoms in total. The molecule has 2 rings (SSSR count). The van der Waals surface area contributed by atoms with Crippen LogP contribution in [-0.2, 0) is 0 Å². The third kappa shape index (κ3) is 3.08. The summed E-state index contributed by atoms with van der Waals surface area (Å²) in [5.41, 5.74) is 9.92. The number of hydrogen-bond acceptors (Lipinski definition) is 4. The van der Waals surface area contributed by atoms with E-state index in [0.717, 1.165) is 36.5 Å². The number of hydrogen-bond donors (Lipinski definition) is 2. The van der Waals surface area contributed by atoms with Crippen LogP contribution in [0.1, 0.15) is 22.7 Å². The molecule has 1 aliphatic heterocycles. The topological polar surface area (TPSA) is 50.5 Å². The number of piperazine rings is 1. The van der Waals surface area contributed by atoms with Gasteiger partial charge in [-0.15, -0.1) is 0 Å². The number of ether oxygens (including phenoxy) is 1. The molecule has 0 amide bonds. The van der Waals surface area contributed by atoms with E-state index < -0.39 is 0 Å². The quantitative estimate of drug-likeness (QED) is 0.861. The summed E-state index contributed by atoms with van der Waals surface area (Å²) in [7, 11) is 3.86. The Balaban J connectivity index is 2.21. The van der Waals surface area contributed by atoms with Gasteiger partial charge in [0.15, 0.2) is 0 Å². The smallest absolute Gasteiger partial charge is 0.124 e. The SMILES string of the molecule is COc1c(C)cc(C(N)C2CN(C)CCN2)cc1C. The fraction of sp³-hybridized carbons (Fsp3) is 0.600. The summed E-state index contributed by atoms with van der Waals surface area (Å²) < 4.78 is 5.41. The minimum Gasteiger partial charge on any atom is -0.496 e. The van der Waals surface area contributed by atoms with Crippen LogP contribution in [-0.4, -0.2) is 44.7 Å². The average molecular weight is 263 g/mol. The molecule has 1 heterocycles. The molecule has 0 saturated carbocycles. The van der Waals surface area contributed by atoms with Gasteiger partial charge in [0.2, 0.25) is 0 Å². The number of nitrogens with zero attached hydrogens (tertiary/aromatic N) is 1. The predicted octanol–water partition coefficient (Wildman–Crippen LogP) is 1.22. The molecule has 0 bridgehead atoms. The van der Waals surface area contributed by atoms with Gasteiger partial charge in [0.25, 0.3) is 0 Å². The highest BCUT2D eigenvalue weighted by Crippen LogP contribution is 2.28. The number of methoxy groups -OCH3 is 1. The van der Waals surface area contributed by atoms with Crippen LogP contribution in [0.4, 0.5) is 0 Å². The molecule has 106 valence electrons. The van der Waals surface area contributed by atoms with Crippen LogP contribution in [0.25, 0.3) is 0 Å². The predicted molar refractivity (Wildman–Crippen MR) is 78.7 cm³/mol. The first kappa shape index (κ1) is 14.3. The van der Waals surface area contributed by atoms with Gasteiger partial charge in [0.1, 0.15) is 5.75 Å². The zero-order chi connectivity index (χ0) is 14.0. The second kappa shape index (κ2) is 5.90. The first-order chi connectivity index (χ1) is 9.02. The molecule has 1 saturated heterocycles. The van der Waals surface area contributed by atoms with Crippen molar-refractivity contribution in [1.29, 1.82) is 0 Å². The summed E-state index contributed by atoms with van der Waals surface area (Å²) in [5.74, 6) is 0.963. The van der Waals surface area contributed by atoms with Gasteiger partial charge in [-0.25, -0.2) is 0 Å². The van der Waals surface area contributed by atoms with Crippen molar-refractivity contribution >= 4 is 0 Å². The van der Waals surface area contributed by atoms with Crippen LogP contribution in [0.2, 0.25) is 0 Å². The number of likely N-dealkylation sites (N-methyl/N-ethyl adjacent to an activating group) is 1. The lowest BCUT2D eigenvalue weighted by Crippen LogP contribution is -2.53. The van der Waals surface area contributed by atoms with E-state index in [1.165, 1.54) is 5.56 Å². The summed E-state index contributed by atoms with van der Waals surface area (Å²) in [6, 6.07) is 4.62. The number of nitrogens with two attached hydrogens (primary N) is 1. The minimum atomic E-state index is 0.0195. The molecule has 0 radical (unpaired) electrons. The molecule has 4 heteroatoms. The monoisotopic (exact) mass is 263 g/mol. The van der Waals surface area contributed by atoms with Crippen molar-refractivity contribution in [3.05, 3.63) is 28.8 Å². The van der Waals surface area contributed by atoms with Crippen LogP contribution < -0.4 is 15.8 Å². The van der Waals surface area contributed by atoms with E-state index in [1.54, 1.807) is 7.11 Å². The summed E-state index contributed by atoms with van der Waals surface area (Å²) in [5, 5.41) is 3.52. The molecule has 3 N–H and O–H groups in total. The second-order valence-electron chi connectivity index (χ2n) is 5.54. The van der Waals surface area contributed by atoms with E-state index in [1.807, 2.05) is 0 Å². The first-order valence-corrected chi connectivity index (χ1v) is 6.85. The Labute approximate surface area is 115 Å². The van der Waals surface area contributed by atoms with Gasteiger partial charge in [-0.3, -0.25) is 0 Å². The number of aryl methyl sites for hydroxylation is 2. The van der Waals surface area contributed by atoms with E-state index in [-0.39, 0.29) is 6.04 Å². The first-order valence-electron chi connectivity index (χ1n) is 6.85. The Kier molecular flexibility index (Phi) is 4.45. The van der Waals surface area contributed by atoms with Gasteiger partial charge >= 0.3 is 0 Å². The summed E-state index contributed by atoms with van der Waals surface area (Å²) >= 11 is 0. The van der Waals surface area contributed by atoms with Gasteiger partial charge in [0, 0.05) is 31.7 Å². The number of nitrogens with one attached hydrogen (secondary N) is 1. The van der Waals surface area contributed by atoms with E-state index in [2.05, 4.69) is 43.2 Å². The molecular weight excluding hydrogens is 238 g/mol. The molecule has 1 aromatic carbocycles. The van der Waals surface area contributed by atoms with Crippen LogP contribution >= 0.6 is 0 Å². The fourth-order valence-corrected chi connectivity index (χ4v) is 2.90. The maximum absolute atomic E-state index is 6.43. The Morgan fingerprint density at radius 3 is 2.53 bits per heavy atom. The number of benzene rings is 1. The van der Waals surface area contributed by atoms with Crippen LogP contribution in [0.3, 0.4) is 0 Å². The normalized spacial score (nSPS) is 22.3. The Bertz CT molecular complexity index is 424. The van der Waals surface area contributed by atoms with Gasteiger partial charge < -0.3 is 20.7 Å². The van der Waals surface area contributed by atoms with Gasteiger partial charge in [-0.05, 0) is 37.6 Å². The molecule has 19 heavy (non-hydrogen) atoms. The Hall–Kier alpha value is -1.10. The zero-order valence-electron chi connectivity index (χ0n) is 12.4. The molecule has 1 fully saturated rings. The molecule has 0 aromatic heterocycles. The van der Waals surface area contributed by atoms with E-state index in [9.17, 15) is 0 Å². The molecular formula is C15H25N3O. The number of rotatable bonds is 3. The van der Waals surface area contributed by atoms with E-state index in [4.69, 9.17) is 10.5 Å². The molecule has 0 spiro atoms. The second-order valence-corrected chi connectivity index (χ2v) is 5.54. The van der Waals surface area contributed by atoms with Crippen LogP contribution in [0, 0.1) is 13.8 Å². The zero-order valence-corrected chi connectivity index (χ0v) is 12.4. The standard InChI is InChI=1S/C15H25N3O/c1-10-7-12(8-11(2)15(10)19-4)14(16)13-9-18(3)6-5-17-13/h7-8,13-14,17H,5-6,9,16H2,1-4H3. The maximum Gasteiger partial charge on any atom is 0.124 e. The van der Waals surface area contributed by atoms with Crippen molar-refractivity contribution in [3.8, 4) is 5.75 Å². The maximum atomic E-state index is 6.43. The largest absolute Gasteiger partial charge is 0.496 e. The molecule has 1 aliphatic rings. The van der Waals surface area contributed by atoms with Gasteiger partial charge in [0.05, 0.1) is 7.11 Å². The van der Waals surface area contributed by atoms with Crippen molar-refractivity contribution in [1.82, 2.24) is 10.2 Å². The van der Waals surface area contributed by atoms with Gasteiger partial charge in [-0.2, -0.15) is 0 Å². The van der Waals surface area contributed by atoms with Crippen molar-refractivity contribution in [2.45, 2.75) is 25.9 Å². The highest BCUT2D eigenvalue weighted by Gasteiger charge is 2.24. The summed E-state index contributed by atoms with van der Waals surface area (Å²) in [6.07, 6.45) is 0. The lowest BCUT2D eigenvalue weighted by molar-refractivity contribution is 0.220. The van der Waals surface area contributed by atoms with Crippen LogP contribution in [0.5, 0.6) is 5.75 Å². The van der Waals surface area contributed by atoms with Crippen molar-refractivity contribution in [2.24, 2.45) is 5.73 Å². The molecule has 1 aromatic rings. The highest BCUT2D eigenvalue weighted by atomic mass is 16.5. The Morgan fingerprint density at radius 2 is 2.00 bits per heavy atom. The fourth-order valence-electron chi connectivity index (χ4n) is 2.90. The molecule has 2 atom stereocenters. The summed E-state index contributed by atoms with van der Waals surface area (Å²) in [4.78, 5) is 2.32. The molecule has 0 aliphatic carbocycles. The van der Waals surface area contributed by atoms with E-state index >= 15 is 0 Å². The van der Waals surface area contributed by atoms with Crippen molar-refractivity contribution in [2.75, 3.05) is 33.8 Å². The third-order valence-corrected chi connectivity index (χ3v) is 3.91. The van der Waals surface area contributed by atoms with E-state index in [0.29, 0.717) is 6.04 Å². The molecule has 2 unspecified atom stereocenters. The van der Waals surface area contributed by atoms with Crippen molar-refractivity contribution < 1.29 is 4.74 Å². The van der Waals surface area contributed by atoms with Crippen molar-refractivity contribution in [3.63, 3.8) is 0 Å². The summed E-state index contributed by atoms with van der Waals surface area (Å²) in [6.45, 7) is 7.23.